The van der Waals surface area contributed by atoms with E-state index in [1.54, 1.807) is 17.0 Å². The fourth-order valence-electron chi connectivity index (χ4n) is 1.70. The number of hydrogen-bond donors (Lipinski definition) is 1. The zero-order valence-electron chi connectivity index (χ0n) is 9.22. The smallest absolute Gasteiger partial charge is 0.336 e. The number of rotatable bonds is 3. The van der Waals surface area contributed by atoms with Gasteiger partial charge in [0.25, 0.3) is 0 Å². The van der Waals surface area contributed by atoms with Gasteiger partial charge in [-0.2, -0.15) is 0 Å². The molecule has 0 unspecified atom stereocenters. The van der Waals surface area contributed by atoms with Crippen molar-refractivity contribution in [2.24, 2.45) is 0 Å². The van der Waals surface area contributed by atoms with Crippen LogP contribution in [0, 0.1) is 5.82 Å². The van der Waals surface area contributed by atoms with Gasteiger partial charge in [0.1, 0.15) is 11.6 Å². The van der Waals surface area contributed by atoms with Crippen LogP contribution in [0.5, 0.6) is 0 Å². The Morgan fingerprint density at radius 3 is 2.94 bits per heavy atom. The van der Waals surface area contributed by atoms with Crippen LogP contribution in [0.4, 0.5) is 4.39 Å². The molecule has 2 aromatic rings. The summed E-state index contributed by atoms with van der Waals surface area (Å²) in [5, 5.41) is 9.06. The minimum Gasteiger partial charge on any atom is -0.478 e. The average Bonchev–Trinajstić information content (AvgIpc) is 2.76. The maximum atomic E-state index is 13.2. The van der Waals surface area contributed by atoms with Gasteiger partial charge in [0.05, 0.1) is 5.56 Å². The predicted octanol–water partition coefficient (Wildman–Crippen LogP) is 2.41. The Labute approximate surface area is 97.3 Å². The summed E-state index contributed by atoms with van der Waals surface area (Å²) >= 11 is 0. The Kier molecular flexibility index (Phi) is 2.91. The van der Waals surface area contributed by atoms with E-state index >= 15 is 0 Å². The Morgan fingerprint density at radius 1 is 1.53 bits per heavy atom. The standard InChI is InChI=1S/C12H11FN2O2/c1-2-15-6-5-14-11(15)10-7-8(13)3-4-9(10)12(16)17/h3-7H,2H2,1H3,(H,16,17). The SMILES string of the molecule is CCn1ccnc1-c1cc(F)ccc1C(=O)O. The highest BCUT2D eigenvalue weighted by Gasteiger charge is 2.16. The van der Waals surface area contributed by atoms with E-state index in [-0.39, 0.29) is 5.56 Å². The van der Waals surface area contributed by atoms with E-state index in [1.807, 2.05) is 6.92 Å². The Balaban J connectivity index is 2.65. The summed E-state index contributed by atoms with van der Waals surface area (Å²) in [6.07, 6.45) is 3.29. The molecule has 1 N–H and O–H groups in total. The summed E-state index contributed by atoms with van der Waals surface area (Å²) in [6.45, 7) is 2.55. The van der Waals surface area contributed by atoms with Crippen molar-refractivity contribution in [3.8, 4) is 11.4 Å². The highest BCUT2D eigenvalue weighted by Crippen LogP contribution is 2.23. The third kappa shape index (κ3) is 2.04. The summed E-state index contributed by atoms with van der Waals surface area (Å²) in [6, 6.07) is 3.58. The topological polar surface area (TPSA) is 55.1 Å². The van der Waals surface area contributed by atoms with Gasteiger partial charge in [-0.05, 0) is 25.1 Å². The molecule has 0 fully saturated rings. The largest absolute Gasteiger partial charge is 0.478 e. The monoisotopic (exact) mass is 234 g/mol. The Hall–Kier alpha value is -2.17. The van der Waals surface area contributed by atoms with Crippen molar-refractivity contribution in [1.29, 1.82) is 0 Å². The van der Waals surface area contributed by atoms with Crippen molar-refractivity contribution in [2.45, 2.75) is 13.5 Å². The zero-order chi connectivity index (χ0) is 12.4. The normalized spacial score (nSPS) is 10.5. The van der Waals surface area contributed by atoms with Crippen molar-refractivity contribution < 1.29 is 14.3 Å². The molecule has 2 rings (SSSR count). The molecule has 0 saturated carbocycles. The minimum absolute atomic E-state index is 0.0484. The number of aromatic carboxylic acids is 1. The van der Waals surface area contributed by atoms with Gasteiger partial charge < -0.3 is 9.67 Å². The highest BCUT2D eigenvalue weighted by molar-refractivity contribution is 5.95. The minimum atomic E-state index is -1.09. The lowest BCUT2D eigenvalue weighted by Gasteiger charge is -2.08. The van der Waals surface area contributed by atoms with Gasteiger partial charge in [0, 0.05) is 24.5 Å². The first-order chi connectivity index (χ1) is 8.13. The van der Waals surface area contributed by atoms with Gasteiger partial charge in [-0.1, -0.05) is 0 Å². The number of aryl methyl sites for hydroxylation is 1. The van der Waals surface area contributed by atoms with Crippen molar-refractivity contribution in [3.63, 3.8) is 0 Å². The molecule has 1 aromatic heterocycles. The third-order valence-corrected chi connectivity index (χ3v) is 2.51. The van der Waals surface area contributed by atoms with Crippen molar-refractivity contribution in [1.82, 2.24) is 9.55 Å². The van der Waals surface area contributed by atoms with Crippen LogP contribution in [-0.4, -0.2) is 20.6 Å². The van der Waals surface area contributed by atoms with E-state index in [0.29, 0.717) is 17.9 Å². The summed E-state index contributed by atoms with van der Waals surface area (Å²) in [5.41, 5.74) is 0.344. The van der Waals surface area contributed by atoms with Gasteiger partial charge >= 0.3 is 5.97 Å². The van der Waals surface area contributed by atoms with E-state index in [9.17, 15) is 9.18 Å². The average molecular weight is 234 g/mol. The van der Waals surface area contributed by atoms with Gasteiger partial charge in [-0.15, -0.1) is 0 Å². The number of carboxylic acids is 1. The molecule has 17 heavy (non-hydrogen) atoms. The number of nitrogens with zero attached hydrogens (tertiary/aromatic N) is 2. The predicted molar refractivity (Wildman–Crippen MR) is 60.3 cm³/mol. The van der Waals surface area contributed by atoms with Gasteiger partial charge in [-0.25, -0.2) is 14.2 Å². The molecule has 0 atom stereocenters. The first kappa shape index (κ1) is 11.3. The number of halogens is 1. The first-order valence-electron chi connectivity index (χ1n) is 5.18. The van der Waals surface area contributed by atoms with Crippen LogP contribution < -0.4 is 0 Å². The van der Waals surface area contributed by atoms with Gasteiger partial charge in [-0.3, -0.25) is 0 Å². The molecule has 0 aliphatic rings. The molecule has 0 radical (unpaired) electrons. The maximum Gasteiger partial charge on any atom is 0.336 e. The van der Waals surface area contributed by atoms with Crippen molar-refractivity contribution in [3.05, 3.63) is 42.0 Å². The summed E-state index contributed by atoms with van der Waals surface area (Å²) in [7, 11) is 0. The van der Waals surface area contributed by atoms with Gasteiger partial charge in [0.2, 0.25) is 0 Å². The molecule has 88 valence electrons. The number of aromatic nitrogens is 2. The molecule has 5 heteroatoms. The first-order valence-corrected chi connectivity index (χ1v) is 5.18. The van der Waals surface area contributed by atoms with Crippen LogP contribution in [0.25, 0.3) is 11.4 Å². The second-order valence-corrected chi connectivity index (χ2v) is 3.53. The van der Waals surface area contributed by atoms with Crippen LogP contribution in [-0.2, 0) is 6.54 Å². The van der Waals surface area contributed by atoms with Gasteiger partial charge in [0.15, 0.2) is 0 Å². The molecular weight excluding hydrogens is 223 g/mol. The molecule has 1 heterocycles. The second-order valence-electron chi connectivity index (χ2n) is 3.53. The summed E-state index contributed by atoms with van der Waals surface area (Å²) < 4.78 is 15.0. The number of hydrogen-bond acceptors (Lipinski definition) is 2. The number of carboxylic acid groups (broad SMARTS) is 1. The zero-order valence-corrected chi connectivity index (χ0v) is 9.22. The number of carbonyl (C=O) groups is 1. The quantitative estimate of drug-likeness (QED) is 0.887. The lowest BCUT2D eigenvalue weighted by Crippen LogP contribution is -2.04. The third-order valence-electron chi connectivity index (χ3n) is 2.51. The molecule has 0 bridgehead atoms. The molecule has 0 spiro atoms. The van der Waals surface area contributed by atoms with Crippen molar-refractivity contribution in [2.75, 3.05) is 0 Å². The molecule has 0 saturated heterocycles. The van der Waals surface area contributed by atoms with Crippen LogP contribution in [0.2, 0.25) is 0 Å². The van der Waals surface area contributed by atoms with E-state index in [0.717, 1.165) is 6.07 Å². The van der Waals surface area contributed by atoms with Crippen LogP contribution in [0.15, 0.2) is 30.6 Å². The highest BCUT2D eigenvalue weighted by atomic mass is 19.1. The molecule has 1 aromatic carbocycles. The summed E-state index contributed by atoms with van der Waals surface area (Å²) in [5.74, 6) is -1.11. The van der Waals surface area contributed by atoms with E-state index in [1.165, 1.54) is 12.1 Å². The molecule has 0 amide bonds. The Morgan fingerprint density at radius 2 is 2.29 bits per heavy atom. The van der Waals surface area contributed by atoms with Crippen LogP contribution >= 0.6 is 0 Å². The van der Waals surface area contributed by atoms with E-state index < -0.39 is 11.8 Å². The number of benzene rings is 1. The van der Waals surface area contributed by atoms with Crippen molar-refractivity contribution >= 4 is 5.97 Å². The maximum absolute atomic E-state index is 13.2. The molecule has 0 aliphatic carbocycles. The molecular formula is C12H11FN2O2. The fraction of sp³-hybridized carbons (Fsp3) is 0.167. The van der Waals surface area contributed by atoms with E-state index in [4.69, 9.17) is 5.11 Å². The fourth-order valence-corrected chi connectivity index (χ4v) is 1.70. The Bertz CT molecular complexity index is 563. The van der Waals surface area contributed by atoms with Crippen LogP contribution in [0.1, 0.15) is 17.3 Å². The molecule has 4 nitrogen and oxygen atoms in total. The molecule has 0 aliphatic heterocycles. The lowest BCUT2D eigenvalue weighted by molar-refractivity contribution is 0.0697. The lowest BCUT2D eigenvalue weighted by atomic mass is 10.1. The second kappa shape index (κ2) is 4.37. The van der Waals surface area contributed by atoms with Crippen LogP contribution in [0.3, 0.4) is 0 Å². The summed E-state index contributed by atoms with van der Waals surface area (Å²) in [4.78, 5) is 15.1. The van der Waals surface area contributed by atoms with E-state index in [2.05, 4.69) is 4.98 Å². The number of imidazole rings is 1.